The fourth-order valence-electron chi connectivity index (χ4n) is 1.45. The van der Waals surface area contributed by atoms with E-state index >= 15 is 0 Å². The average Bonchev–Trinajstić information content (AvgIpc) is 2.37. The van der Waals surface area contributed by atoms with Gasteiger partial charge < -0.3 is 10.2 Å². The monoisotopic (exact) mass is 273 g/mol. The zero-order chi connectivity index (χ0) is 14.6. The molecular weight excluding hydrogens is 260 g/mol. The number of hydrogen-bond acceptors (Lipinski definition) is 4. The molecule has 0 atom stereocenters. The van der Waals surface area contributed by atoms with Crippen LogP contribution in [0.5, 0.6) is 0 Å². The number of halogens is 2. The normalized spacial score (nSPS) is 10.3. The van der Waals surface area contributed by atoms with Gasteiger partial charge in [-0.2, -0.15) is 0 Å². The van der Waals surface area contributed by atoms with Crippen molar-refractivity contribution in [2.45, 2.75) is 0 Å². The van der Waals surface area contributed by atoms with Gasteiger partial charge in [-0.1, -0.05) is 0 Å². The van der Waals surface area contributed by atoms with Gasteiger partial charge in [-0.15, -0.1) is 0 Å². The SMILES string of the molecule is CNCCN(C)C(=O)c1cc(F)c(F)cc1[N+](=O)[O-]. The van der Waals surface area contributed by atoms with Crippen molar-refractivity contribution in [1.29, 1.82) is 0 Å². The second-order valence-corrected chi connectivity index (χ2v) is 3.87. The summed E-state index contributed by atoms with van der Waals surface area (Å²) in [5.41, 5.74) is -1.22. The molecule has 0 fully saturated rings. The van der Waals surface area contributed by atoms with Gasteiger partial charge in [-0.05, 0) is 13.1 Å². The Labute approximate surface area is 108 Å². The van der Waals surface area contributed by atoms with Gasteiger partial charge in [0.15, 0.2) is 11.6 Å². The van der Waals surface area contributed by atoms with E-state index in [1.54, 1.807) is 7.05 Å². The highest BCUT2D eigenvalue weighted by Gasteiger charge is 2.25. The van der Waals surface area contributed by atoms with Gasteiger partial charge in [0.25, 0.3) is 11.6 Å². The summed E-state index contributed by atoms with van der Waals surface area (Å²) < 4.78 is 26.1. The molecule has 0 aliphatic rings. The topological polar surface area (TPSA) is 75.5 Å². The van der Waals surface area contributed by atoms with Crippen LogP contribution in [0.15, 0.2) is 12.1 Å². The highest BCUT2D eigenvalue weighted by molar-refractivity contribution is 5.98. The summed E-state index contributed by atoms with van der Waals surface area (Å²) >= 11 is 0. The Bertz CT molecular complexity index is 508. The Morgan fingerprint density at radius 2 is 2.00 bits per heavy atom. The molecule has 1 rings (SSSR count). The van der Waals surface area contributed by atoms with Gasteiger partial charge >= 0.3 is 0 Å². The van der Waals surface area contributed by atoms with E-state index in [-0.39, 0.29) is 6.54 Å². The molecule has 0 spiro atoms. The lowest BCUT2D eigenvalue weighted by Gasteiger charge is -2.16. The molecule has 0 aliphatic carbocycles. The number of nitrogens with one attached hydrogen (secondary N) is 1. The molecule has 104 valence electrons. The van der Waals surface area contributed by atoms with Gasteiger partial charge in [0, 0.05) is 20.1 Å². The molecule has 8 heteroatoms. The Hall–Kier alpha value is -2.09. The summed E-state index contributed by atoms with van der Waals surface area (Å²) in [6.45, 7) is 0.755. The van der Waals surface area contributed by atoms with Crippen molar-refractivity contribution in [3.8, 4) is 0 Å². The van der Waals surface area contributed by atoms with Crippen molar-refractivity contribution >= 4 is 11.6 Å². The average molecular weight is 273 g/mol. The second kappa shape index (κ2) is 6.19. The third-order valence-electron chi connectivity index (χ3n) is 2.51. The fourth-order valence-corrected chi connectivity index (χ4v) is 1.45. The highest BCUT2D eigenvalue weighted by Crippen LogP contribution is 2.23. The number of nitro groups is 1. The smallest absolute Gasteiger partial charge is 0.285 e. The van der Waals surface area contributed by atoms with Crippen LogP contribution >= 0.6 is 0 Å². The number of benzene rings is 1. The van der Waals surface area contributed by atoms with Crippen LogP contribution < -0.4 is 5.32 Å². The predicted octanol–water partition coefficient (Wildman–Crippen LogP) is 1.16. The lowest BCUT2D eigenvalue weighted by atomic mass is 10.1. The van der Waals surface area contributed by atoms with Crippen LogP contribution in [0.3, 0.4) is 0 Å². The second-order valence-electron chi connectivity index (χ2n) is 3.87. The molecule has 1 aromatic rings. The molecule has 0 unspecified atom stereocenters. The molecule has 1 aromatic carbocycles. The molecule has 1 amide bonds. The number of hydrogen-bond donors (Lipinski definition) is 1. The molecule has 0 saturated carbocycles. The van der Waals surface area contributed by atoms with Crippen molar-refractivity contribution in [1.82, 2.24) is 10.2 Å². The Kier molecular flexibility index (Phi) is 4.87. The summed E-state index contributed by atoms with van der Waals surface area (Å²) in [6.07, 6.45) is 0. The van der Waals surface area contributed by atoms with E-state index < -0.39 is 33.7 Å². The van der Waals surface area contributed by atoms with Crippen molar-refractivity contribution in [3.05, 3.63) is 39.4 Å². The quantitative estimate of drug-likeness (QED) is 0.645. The van der Waals surface area contributed by atoms with Crippen LogP contribution in [0.25, 0.3) is 0 Å². The van der Waals surface area contributed by atoms with E-state index in [0.29, 0.717) is 18.7 Å². The highest BCUT2D eigenvalue weighted by atomic mass is 19.2. The maximum absolute atomic E-state index is 13.1. The number of carbonyl (C=O) groups excluding carboxylic acids is 1. The summed E-state index contributed by atoms with van der Waals surface area (Å²) in [6, 6.07) is 0.958. The fraction of sp³-hybridized carbons (Fsp3) is 0.364. The Balaban J connectivity index is 3.14. The van der Waals surface area contributed by atoms with Crippen LogP contribution in [0.1, 0.15) is 10.4 Å². The number of nitro benzene ring substituents is 1. The maximum Gasteiger partial charge on any atom is 0.285 e. The first-order valence-corrected chi connectivity index (χ1v) is 5.42. The molecule has 0 saturated heterocycles. The maximum atomic E-state index is 13.1. The number of amides is 1. The lowest BCUT2D eigenvalue weighted by Crippen LogP contribution is -2.33. The number of nitrogens with zero attached hydrogens (tertiary/aromatic N) is 2. The summed E-state index contributed by atoms with van der Waals surface area (Å²) in [7, 11) is 3.10. The van der Waals surface area contributed by atoms with Gasteiger partial charge in [0.2, 0.25) is 0 Å². The first kappa shape index (κ1) is 15.0. The molecule has 0 radical (unpaired) electrons. The van der Waals surface area contributed by atoms with Crippen LogP contribution in [0, 0.1) is 21.7 Å². The molecule has 0 aliphatic heterocycles. The summed E-state index contributed by atoms with van der Waals surface area (Å²) in [4.78, 5) is 23.0. The van der Waals surface area contributed by atoms with Gasteiger partial charge in [0.1, 0.15) is 5.56 Å². The Morgan fingerprint density at radius 1 is 1.42 bits per heavy atom. The first-order valence-electron chi connectivity index (χ1n) is 5.42. The molecule has 6 nitrogen and oxygen atoms in total. The Morgan fingerprint density at radius 3 is 2.53 bits per heavy atom. The van der Waals surface area contributed by atoms with E-state index in [0.717, 1.165) is 0 Å². The minimum absolute atomic E-state index is 0.283. The summed E-state index contributed by atoms with van der Waals surface area (Å²) in [5.74, 6) is -3.39. The number of carbonyl (C=O) groups is 1. The van der Waals surface area contributed by atoms with Crippen molar-refractivity contribution in [2.24, 2.45) is 0 Å². The minimum Gasteiger partial charge on any atom is -0.340 e. The zero-order valence-corrected chi connectivity index (χ0v) is 10.4. The van der Waals surface area contributed by atoms with Gasteiger partial charge in [-0.3, -0.25) is 14.9 Å². The number of rotatable bonds is 5. The largest absolute Gasteiger partial charge is 0.340 e. The lowest BCUT2D eigenvalue weighted by molar-refractivity contribution is -0.385. The van der Waals surface area contributed by atoms with E-state index in [9.17, 15) is 23.7 Å². The molecular formula is C11H13F2N3O3. The third kappa shape index (κ3) is 3.44. The van der Waals surface area contributed by atoms with E-state index in [2.05, 4.69) is 5.32 Å². The number of likely N-dealkylation sites (N-methyl/N-ethyl adjacent to an activating group) is 2. The van der Waals surface area contributed by atoms with Crippen LogP contribution in [-0.4, -0.2) is 42.9 Å². The van der Waals surface area contributed by atoms with E-state index in [1.807, 2.05) is 0 Å². The predicted molar refractivity (Wildman–Crippen MR) is 63.9 cm³/mol. The standard InChI is InChI=1S/C11H13F2N3O3/c1-14-3-4-15(2)11(17)7-5-8(12)9(13)6-10(7)16(18)19/h5-6,14H,3-4H2,1-2H3. The molecule has 1 N–H and O–H groups in total. The molecule has 19 heavy (non-hydrogen) atoms. The van der Waals surface area contributed by atoms with Crippen molar-refractivity contribution in [2.75, 3.05) is 27.2 Å². The van der Waals surface area contributed by atoms with Gasteiger partial charge in [0.05, 0.1) is 11.0 Å². The first-order chi connectivity index (χ1) is 8.88. The van der Waals surface area contributed by atoms with Gasteiger partial charge in [-0.25, -0.2) is 8.78 Å². The minimum atomic E-state index is -1.36. The summed E-state index contributed by atoms with van der Waals surface area (Å²) in [5, 5.41) is 13.6. The van der Waals surface area contributed by atoms with Crippen molar-refractivity contribution in [3.63, 3.8) is 0 Å². The molecule has 0 aromatic heterocycles. The van der Waals surface area contributed by atoms with Crippen LogP contribution in [0.2, 0.25) is 0 Å². The molecule has 0 bridgehead atoms. The van der Waals surface area contributed by atoms with E-state index in [1.165, 1.54) is 11.9 Å². The molecule has 0 heterocycles. The zero-order valence-electron chi connectivity index (χ0n) is 10.4. The van der Waals surface area contributed by atoms with E-state index in [4.69, 9.17) is 0 Å². The van der Waals surface area contributed by atoms with Crippen LogP contribution in [0.4, 0.5) is 14.5 Å². The van der Waals surface area contributed by atoms with Crippen molar-refractivity contribution < 1.29 is 18.5 Å². The third-order valence-corrected chi connectivity index (χ3v) is 2.51. The van der Waals surface area contributed by atoms with Crippen LogP contribution in [-0.2, 0) is 0 Å².